The average Bonchev–Trinajstić information content (AvgIpc) is 3.26. The maximum atomic E-state index is 14.9. The van der Waals surface area contributed by atoms with Crippen molar-refractivity contribution in [3.05, 3.63) is 23.5 Å². The lowest BCUT2D eigenvalue weighted by Crippen LogP contribution is -2.38. The normalized spacial score (nSPS) is 17.5. The van der Waals surface area contributed by atoms with Gasteiger partial charge in [0.2, 0.25) is 0 Å². The molecule has 5 N–H and O–H groups in total. The minimum atomic E-state index is -0.830. The number of aliphatic carboxylic acids is 1. The van der Waals surface area contributed by atoms with E-state index in [0.29, 0.717) is 36.8 Å². The molecule has 0 aliphatic heterocycles. The van der Waals surface area contributed by atoms with E-state index < -0.39 is 17.7 Å². The molecule has 1 aromatic rings. The Morgan fingerprint density at radius 2 is 1.52 bits per heavy atom. The second kappa shape index (κ2) is 11.9. The molecular weight excluding hydrogens is 399 g/mol. The minimum Gasteiger partial charge on any atom is -0.481 e. The molecule has 2 saturated carbocycles. The van der Waals surface area contributed by atoms with Gasteiger partial charge in [-0.15, -0.1) is 0 Å². The number of nitrogens with one attached hydrogen (secondary N) is 4. The summed E-state index contributed by atoms with van der Waals surface area (Å²) in [5.74, 6) is -1.65. The van der Waals surface area contributed by atoms with Crippen LogP contribution in [0.25, 0.3) is 0 Å². The number of carbonyl (C=O) groups is 2. The van der Waals surface area contributed by atoms with Gasteiger partial charge in [0.05, 0.1) is 11.3 Å². The second-order valence-electron chi connectivity index (χ2n) is 8.71. The van der Waals surface area contributed by atoms with E-state index in [1.54, 1.807) is 6.07 Å². The maximum absolute atomic E-state index is 14.9. The average molecular weight is 435 g/mol. The highest BCUT2D eigenvalue weighted by Crippen LogP contribution is 2.30. The van der Waals surface area contributed by atoms with E-state index in [-0.39, 0.29) is 18.0 Å². The van der Waals surface area contributed by atoms with Crippen molar-refractivity contribution in [2.24, 2.45) is 0 Å². The van der Waals surface area contributed by atoms with Gasteiger partial charge in [-0.3, -0.25) is 15.0 Å². The Morgan fingerprint density at radius 3 is 2.16 bits per heavy atom. The number of hydrogen-bond acceptors (Lipinski definition) is 5. The number of unbranched alkanes of at least 4 members (excludes halogenated alkanes) is 1. The van der Waals surface area contributed by atoms with E-state index in [2.05, 4.69) is 21.5 Å². The monoisotopic (exact) mass is 434 g/mol. The molecule has 0 aromatic heterocycles. The van der Waals surface area contributed by atoms with Gasteiger partial charge in [0.25, 0.3) is 5.91 Å². The zero-order valence-corrected chi connectivity index (χ0v) is 18.1. The third kappa shape index (κ3) is 7.38. The number of hydrazine groups is 1. The van der Waals surface area contributed by atoms with Crippen LogP contribution in [0.4, 0.5) is 15.8 Å². The number of anilines is 2. The Bertz CT molecular complexity index is 747. The van der Waals surface area contributed by atoms with Gasteiger partial charge in [-0.1, -0.05) is 32.1 Å². The van der Waals surface area contributed by atoms with Crippen molar-refractivity contribution >= 4 is 23.3 Å². The Morgan fingerprint density at radius 1 is 0.903 bits per heavy atom. The molecule has 0 heterocycles. The largest absolute Gasteiger partial charge is 0.481 e. The molecule has 0 saturated heterocycles. The summed E-state index contributed by atoms with van der Waals surface area (Å²) in [5.41, 5.74) is 6.81. The second-order valence-corrected chi connectivity index (χ2v) is 8.71. The van der Waals surface area contributed by atoms with Crippen LogP contribution in [0, 0.1) is 5.82 Å². The summed E-state index contributed by atoms with van der Waals surface area (Å²) >= 11 is 0. The number of benzene rings is 1. The van der Waals surface area contributed by atoms with Crippen LogP contribution in [0.2, 0.25) is 0 Å². The molecule has 1 aromatic carbocycles. The lowest BCUT2D eigenvalue weighted by molar-refractivity contribution is -0.137. The van der Waals surface area contributed by atoms with Gasteiger partial charge >= 0.3 is 5.97 Å². The molecule has 8 heteroatoms. The van der Waals surface area contributed by atoms with Crippen molar-refractivity contribution in [3.63, 3.8) is 0 Å². The summed E-state index contributed by atoms with van der Waals surface area (Å²) in [5, 5.41) is 15.5. The van der Waals surface area contributed by atoms with Crippen molar-refractivity contribution in [3.8, 4) is 0 Å². The zero-order chi connectivity index (χ0) is 22.1. The van der Waals surface area contributed by atoms with Crippen LogP contribution < -0.4 is 21.5 Å². The summed E-state index contributed by atoms with van der Waals surface area (Å²) in [6.07, 6.45) is 11.3. The number of hydrogen-bond donors (Lipinski definition) is 5. The molecule has 3 rings (SSSR count). The maximum Gasteiger partial charge on any atom is 0.303 e. The lowest BCUT2D eigenvalue weighted by atomic mass is 9.95. The number of halogens is 1. The van der Waals surface area contributed by atoms with Crippen LogP contribution in [0.1, 0.15) is 87.4 Å². The fraction of sp³-hybridized carbons (Fsp3) is 0.652. The van der Waals surface area contributed by atoms with Gasteiger partial charge in [-0.2, -0.15) is 0 Å². The zero-order valence-electron chi connectivity index (χ0n) is 18.1. The molecule has 1 amide bonds. The van der Waals surface area contributed by atoms with Crippen LogP contribution in [0.3, 0.4) is 0 Å². The van der Waals surface area contributed by atoms with Crippen molar-refractivity contribution in [1.29, 1.82) is 0 Å². The third-order valence-corrected chi connectivity index (χ3v) is 6.18. The van der Waals surface area contributed by atoms with Gasteiger partial charge in [0.15, 0.2) is 0 Å². The molecule has 0 bridgehead atoms. The number of rotatable bonds is 11. The minimum absolute atomic E-state index is 0.103. The van der Waals surface area contributed by atoms with Crippen molar-refractivity contribution in [2.45, 2.75) is 89.1 Å². The molecule has 0 radical (unpaired) electrons. The highest BCUT2D eigenvalue weighted by molar-refractivity contribution is 6.00. The van der Waals surface area contributed by atoms with Gasteiger partial charge < -0.3 is 15.7 Å². The number of carboxylic acid groups (broad SMARTS) is 1. The first-order chi connectivity index (χ1) is 15.0. The summed E-state index contributed by atoms with van der Waals surface area (Å²) in [4.78, 5) is 23.3. The standard InChI is InChI=1S/C23H35FN4O3/c24-19-14-18(23(31)28-25-13-7-6-12-22(29)30)20(26-16-10-4-5-11-16)15-21(19)27-17-8-2-1-3-9-17/h14-17,25-27H,1-13H2,(H,28,31)(H,29,30). The van der Waals surface area contributed by atoms with Crippen LogP contribution in [0.15, 0.2) is 12.1 Å². The van der Waals surface area contributed by atoms with Crippen LogP contribution in [0.5, 0.6) is 0 Å². The van der Waals surface area contributed by atoms with Gasteiger partial charge in [0, 0.05) is 30.7 Å². The lowest BCUT2D eigenvalue weighted by Gasteiger charge is -2.25. The number of carboxylic acids is 1. The van der Waals surface area contributed by atoms with Crippen molar-refractivity contribution in [1.82, 2.24) is 10.9 Å². The summed E-state index contributed by atoms with van der Waals surface area (Å²) in [7, 11) is 0. The molecule has 2 aliphatic carbocycles. The predicted molar refractivity (Wildman–Crippen MR) is 120 cm³/mol. The number of carbonyl (C=O) groups excluding carboxylic acids is 1. The molecule has 0 unspecified atom stereocenters. The van der Waals surface area contributed by atoms with E-state index in [4.69, 9.17) is 5.11 Å². The smallest absolute Gasteiger partial charge is 0.303 e. The molecule has 0 atom stereocenters. The van der Waals surface area contributed by atoms with Gasteiger partial charge in [0.1, 0.15) is 5.82 Å². The van der Waals surface area contributed by atoms with E-state index in [0.717, 1.165) is 51.4 Å². The predicted octanol–water partition coefficient (Wildman–Crippen LogP) is 4.41. The van der Waals surface area contributed by atoms with E-state index in [1.165, 1.54) is 12.5 Å². The highest BCUT2D eigenvalue weighted by Gasteiger charge is 2.22. The fourth-order valence-electron chi connectivity index (χ4n) is 4.45. The molecule has 0 spiro atoms. The highest BCUT2D eigenvalue weighted by atomic mass is 19.1. The van der Waals surface area contributed by atoms with E-state index in [9.17, 15) is 14.0 Å². The summed E-state index contributed by atoms with van der Waals surface area (Å²) < 4.78 is 14.9. The Hall–Kier alpha value is -2.35. The summed E-state index contributed by atoms with van der Waals surface area (Å²) in [6, 6.07) is 3.62. The molecule has 2 aliphatic rings. The van der Waals surface area contributed by atoms with Gasteiger partial charge in [-0.05, 0) is 50.7 Å². The first kappa shape index (κ1) is 23.3. The van der Waals surface area contributed by atoms with Crippen LogP contribution >= 0.6 is 0 Å². The van der Waals surface area contributed by atoms with Crippen molar-refractivity contribution in [2.75, 3.05) is 17.2 Å². The topological polar surface area (TPSA) is 102 Å². The fourth-order valence-corrected chi connectivity index (χ4v) is 4.45. The van der Waals surface area contributed by atoms with Gasteiger partial charge in [-0.25, -0.2) is 9.82 Å². The SMILES string of the molecule is O=C(O)CCCCNNC(=O)c1cc(F)c(NC2CCCCC2)cc1NC1CCCC1. The summed E-state index contributed by atoms with van der Waals surface area (Å²) in [6.45, 7) is 0.453. The van der Waals surface area contributed by atoms with E-state index >= 15 is 0 Å². The first-order valence-corrected chi connectivity index (χ1v) is 11.6. The van der Waals surface area contributed by atoms with Crippen LogP contribution in [-0.4, -0.2) is 35.6 Å². The molecule has 31 heavy (non-hydrogen) atoms. The Balaban J connectivity index is 1.65. The Kier molecular flexibility index (Phi) is 8.94. The molecule has 2 fully saturated rings. The Labute approximate surface area is 183 Å². The molecule has 7 nitrogen and oxygen atoms in total. The van der Waals surface area contributed by atoms with E-state index in [1.807, 2.05) is 0 Å². The number of amides is 1. The van der Waals surface area contributed by atoms with Crippen LogP contribution in [-0.2, 0) is 4.79 Å². The third-order valence-electron chi connectivity index (χ3n) is 6.18. The first-order valence-electron chi connectivity index (χ1n) is 11.6. The molecule has 172 valence electrons. The molecular formula is C23H35FN4O3. The van der Waals surface area contributed by atoms with Crippen molar-refractivity contribution < 1.29 is 19.1 Å². The quantitative estimate of drug-likeness (QED) is 0.261.